The molecule has 2 aromatic carbocycles. The van der Waals surface area contributed by atoms with Crippen LogP contribution >= 0.6 is 0 Å². The van der Waals surface area contributed by atoms with Crippen LogP contribution in [0, 0.1) is 17.6 Å². The van der Waals surface area contributed by atoms with E-state index in [-0.39, 0.29) is 12.0 Å². The Hall–Kier alpha value is -1.74. The van der Waals surface area contributed by atoms with Gasteiger partial charge in [0.15, 0.2) is 0 Å². The molecule has 0 aromatic heterocycles. The molecule has 0 radical (unpaired) electrons. The van der Waals surface area contributed by atoms with Gasteiger partial charge in [-0.15, -0.1) is 0 Å². The normalized spacial score (nSPS) is 21.4. The van der Waals surface area contributed by atoms with E-state index in [0.717, 1.165) is 18.1 Å². The minimum atomic E-state index is -0.529. The van der Waals surface area contributed by atoms with E-state index in [1.54, 1.807) is 0 Å². The van der Waals surface area contributed by atoms with Gasteiger partial charge in [-0.3, -0.25) is 0 Å². The molecule has 3 rings (SSSR count). The second-order valence-corrected chi connectivity index (χ2v) is 5.17. The quantitative estimate of drug-likeness (QED) is 0.879. The molecule has 0 heterocycles. The molecule has 0 spiro atoms. The summed E-state index contributed by atoms with van der Waals surface area (Å²) >= 11 is 0. The smallest absolute Gasteiger partial charge is 0.126 e. The molecule has 2 aromatic rings. The molecule has 0 saturated heterocycles. The summed E-state index contributed by atoms with van der Waals surface area (Å²) in [6.07, 6.45) is 1.47. The van der Waals surface area contributed by atoms with E-state index in [4.69, 9.17) is 5.73 Å². The lowest BCUT2D eigenvalue weighted by Crippen LogP contribution is -2.19. The maximum absolute atomic E-state index is 13.2. The Morgan fingerprint density at radius 1 is 1.05 bits per heavy atom. The molecule has 1 aliphatic carbocycles. The van der Waals surface area contributed by atoms with Gasteiger partial charge < -0.3 is 5.73 Å². The Balaban J connectivity index is 1.82. The van der Waals surface area contributed by atoms with Gasteiger partial charge in [0.25, 0.3) is 0 Å². The molecule has 98 valence electrons. The third-order valence-electron chi connectivity index (χ3n) is 3.82. The van der Waals surface area contributed by atoms with Crippen molar-refractivity contribution in [2.45, 2.75) is 18.9 Å². The second-order valence-electron chi connectivity index (χ2n) is 5.17. The Bertz CT molecular complexity index is 589. The van der Waals surface area contributed by atoms with Gasteiger partial charge in [-0.2, -0.15) is 0 Å². The Labute approximate surface area is 111 Å². The van der Waals surface area contributed by atoms with E-state index in [0.29, 0.717) is 12.0 Å². The summed E-state index contributed by atoms with van der Waals surface area (Å²) in [6.45, 7) is 0. The molecular weight excluding hydrogens is 244 g/mol. The molecule has 0 fully saturated rings. The van der Waals surface area contributed by atoms with Gasteiger partial charge in [0.05, 0.1) is 0 Å². The average molecular weight is 259 g/mol. The first-order valence-electron chi connectivity index (χ1n) is 6.42. The van der Waals surface area contributed by atoms with Crippen LogP contribution in [0.15, 0.2) is 42.5 Å². The maximum atomic E-state index is 13.2. The van der Waals surface area contributed by atoms with Crippen molar-refractivity contribution in [1.82, 2.24) is 0 Å². The molecule has 2 N–H and O–H groups in total. The summed E-state index contributed by atoms with van der Waals surface area (Å²) < 4.78 is 26.4. The third kappa shape index (κ3) is 2.38. The van der Waals surface area contributed by atoms with E-state index < -0.39 is 11.6 Å². The lowest BCUT2D eigenvalue weighted by atomic mass is 9.93. The first-order chi connectivity index (χ1) is 9.13. The van der Waals surface area contributed by atoms with Gasteiger partial charge in [0.2, 0.25) is 0 Å². The summed E-state index contributed by atoms with van der Waals surface area (Å²) in [6, 6.07) is 11.7. The fourth-order valence-corrected chi connectivity index (χ4v) is 2.94. The molecule has 3 heteroatoms. The third-order valence-corrected chi connectivity index (χ3v) is 3.82. The van der Waals surface area contributed by atoms with Crippen LogP contribution in [0.4, 0.5) is 8.78 Å². The molecule has 1 aliphatic rings. The van der Waals surface area contributed by atoms with Crippen molar-refractivity contribution in [3.63, 3.8) is 0 Å². The van der Waals surface area contributed by atoms with Crippen molar-refractivity contribution >= 4 is 0 Å². The number of hydrogen-bond donors (Lipinski definition) is 1. The monoisotopic (exact) mass is 259 g/mol. The predicted molar refractivity (Wildman–Crippen MR) is 70.6 cm³/mol. The van der Waals surface area contributed by atoms with Crippen LogP contribution in [-0.2, 0) is 12.8 Å². The van der Waals surface area contributed by atoms with E-state index in [2.05, 4.69) is 6.07 Å². The Morgan fingerprint density at radius 3 is 2.42 bits per heavy atom. The summed E-state index contributed by atoms with van der Waals surface area (Å²) in [5.74, 6) is -0.850. The van der Waals surface area contributed by atoms with Crippen LogP contribution in [-0.4, -0.2) is 0 Å². The summed E-state index contributed by atoms with van der Waals surface area (Å²) in [7, 11) is 0. The summed E-state index contributed by atoms with van der Waals surface area (Å²) in [5.41, 5.74) is 9.30. The number of nitrogens with two attached hydrogens (primary N) is 1. The maximum Gasteiger partial charge on any atom is 0.126 e. The fourth-order valence-electron chi connectivity index (χ4n) is 2.94. The molecule has 0 bridgehead atoms. The SMILES string of the molecule is NC1c2ccccc2CC1Cc1cc(F)cc(F)c1. The Morgan fingerprint density at radius 2 is 1.74 bits per heavy atom. The van der Waals surface area contributed by atoms with Crippen molar-refractivity contribution in [1.29, 1.82) is 0 Å². The van der Waals surface area contributed by atoms with Crippen molar-refractivity contribution in [2.75, 3.05) is 0 Å². The highest BCUT2D eigenvalue weighted by Crippen LogP contribution is 2.36. The van der Waals surface area contributed by atoms with Gasteiger partial charge in [-0.25, -0.2) is 8.78 Å². The van der Waals surface area contributed by atoms with Crippen LogP contribution < -0.4 is 5.73 Å². The highest BCUT2D eigenvalue weighted by molar-refractivity contribution is 5.36. The van der Waals surface area contributed by atoms with Crippen molar-refractivity contribution in [2.24, 2.45) is 11.7 Å². The molecule has 0 aliphatic heterocycles. The zero-order valence-electron chi connectivity index (χ0n) is 10.4. The number of rotatable bonds is 2. The zero-order chi connectivity index (χ0) is 13.4. The van der Waals surface area contributed by atoms with E-state index >= 15 is 0 Å². The topological polar surface area (TPSA) is 26.0 Å². The molecular formula is C16H15F2N. The number of halogens is 2. The van der Waals surface area contributed by atoms with Crippen LogP contribution in [0.25, 0.3) is 0 Å². The van der Waals surface area contributed by atoms with Crippen molar-refractivity contribution in [3.8, 4) is 0 Å². The van der Waals surface area contributed by atoms with Gasteiger partial charge in [-0.05, 0) is 47.6 Å². The highest BCUT2D eigenvalue weighted by Gasteiger charge is 2.29. The largest absolute Gasteiger partial charge is 0.324 e. The molecule has 1 nitrogen and oxygen atoms in total. The minimum Gasteiger partial charge on any atom is -0.324 e. The van der Waals surface area contributed by atoms with Gasteiger partial charge in [-0.1, -0.05) is 24.3 Å². The van der Waals surface area contributed by atoms with Gasteiger partial charge in [0, 0.05) is 12.1 Å². The molecule has 2 unspecified atom stereocenters. The number of benzene rings is 2. The molecule has 2 atom stereocenters. The molecule has 19 heavy (non-hydrogen) atoms. The van der Waals surface area contributed by atoms with Crippen LogP contribution in [0.1, 0.15) is 22.7 Å². The Kier molecular flexibility index (Phi) is 3.07. The fraction of sp³-hybridized carbons (Fsp3) is 0.250. The summed E-state index contributed by atoms with van der Waals surface area (Å²) in [5, 5.41) is 0. The summed E-state index contributed by atoms with van der Waals surface area (Å²) in [4.78, 5) is 0. The van der Waals surface area contributed by atoms with Gasteiger partial charge >= 0.3 is 0 Å². The highest BCUT2D eigenvalue weighted by atomic mass is 19.1. The van der Waals surface area contributed by atoms with E-state index in [1.165, 1.54) is 17.7 Å². The van der Waals surface area contributed by atoms with Crippen LogP contribution in [0.2, 0.25) is 0 Å². The molecule has 0 saturated carbocycles. The first-order valence-corrected chi connectivity index (χ1v) is 6.42. The van der Waals surface area contributed by atoms with Crippen molar-refractivity contribution < 1.29 is 8.78 Å². The number of fused-ring (bicyclic) bond motifs is 1. The van der Waals surface area contributed by atoms with Crippen LogP contribution in [0.3, 0.4) is 0 Å². The lowest BCUT2D eigenvalue weighted by molar-refractivity contribution is 0.461. The standard InChI is InChI=1S/C16H15F2N/c17-13-6-10(7-14(18)9-13)5-12-8-11-3-1-2-4-15(11)16(12)19/h1-4,6-7,9,12,16H,5,8,19H2. The zero-order valence-corrected chi connectivity index (χ0v) is 10.4. The first kappa shape index (κ1) is 12.3. The lowest BCUT2D eigenvalue weighted by Gasteiger charge is -2.16. The van der Waals surface area contributed by atoms with Gasteiger partial charge in [0.1, 0.15) is 11.6 Å². The van der Waals surface area contributed by atoms with E-state index in [1.807, 2.05) is 18.2 Å². The predicted octanol–water partition coefficient (Wildman–Crippen LogP) is 3.38. The second kappa shape index (κ2) is 4.74. The minimum absolute atomic E-state index is 0.0532. The van der Waals surface area contributed by atoms with E-state index in [9.17, 15) is 8.78 Å². The van der Waals surface area contributed by atoms with Crippen molar-refractivity contribution in [3.05, 3.63) is 70.8 Å². The number of hydrogen-bond acceptors (Lipinski definition) is 1. The molecule has 0 amide bonds. The average Bonchev–Trinajstić information content (AvgIpc) is 2.66. The van der Waals surface area contributed by atoms with Crippen LogP contribution in [0.5, 0.6) is 0 Å².